The van der Waals surface area contributed by atoms with Gasteiger partial charge in [0.25, 0.3) is 0 Å². The summed E-state index contributed by atoms with van der Waals surface area (Å²) in [5, 5.41) is 13.2. The summed E-state index contributed by atoms with van der Waals surface area (Å²) in [7, 11) is 0. The van der Waals surface area contributed by atoms with Crippen LogP contribution in [0.1, 0.15) is 5.56 Å². The maximum atomic E-state index is 10.7. The Kier molecular flexibility index (Phi) is 4.03. The van der Waals surface area contributed by atoms with Gasteiger partial charge in [0, 0.05) is 40.7 Å². The molecule has 0 aliphatic heterocycles. The van der Waals surface area contributed by atoms with Crippen molar-refractivity contribution >= 4 is 33.4 Å². The minimum atomic E-state index is 0.259. The number of benzene rings is 3. The third-order valence-corrected chi connectivity index (χ3v) is 5.34. The smallest absolute Gasteiger partial charge is 0.235 e. The van der Waals surface area contributed by atoms with Gasteiger partial charge in [0.15, 0.2) is 12.4 Å². The third-order valence-electron chi connectivity index (χ3n) is 5.10. The molecule has 1 N–H and O–H groups in total. The van der Waals surface area contributed by atoms with Crippen molar-refractivity contribution in [1.82, 2.24) is 4.57 Å². The summed E-state index contributed by atoms with van der Waals surface area (Å²) >= 11 is 6.30. The molecule has 2 heterocycles. The number of aromatic nitrogens is 2. The van der Waals surface area contributed by atoms with E-state index in [0.29, 0.717) is 11.6 Å². The van der Waals surface area contributed by atoms with E-state index in [-0.39, 0.29) is 5.75 Å². The summed E-state index contributed by atoms with van der Waals surface area (Å²) in [6.07, 6.45) is 4.03. The van der Waals surface area contributed by atoms with E-state index in [0.717, 1.165) is 27.5 Å². The standard InChI is InChI=1S/C24H17ClN2O/c25-18-9-10-20-19(15-18)23-22(28)12-11-21(26-13-5-2-6-14-26)24(23)27(20)16-17-7-3-1-4-8-17/h1-15H,16H2/p+1. The van der Waals surface area contributed by atoms with Crippen LogP contribution in [0.4, 0.5) is 0 Å². The van der Waals surface area contributed by atoms with Crippen LogP contribution in [0.2, 0.25) is 5.02 Å². The van der Waals surface area contributed by atoms with E-state index in [1.54, 1.807) is 6.07 Å². The summed E-state index contributed by atoms with van der Waals surface area (Å²) in [4.78, 5) is 0. The quantitative estimate of drug-likeness (QED) is 0.409. The molecule has 0 radical (unpaired) electrons. The van der Waals surface area contributed by atoms with Gasteiger partial charge in [-0.25, -0.2) is 0 Å². The minimum Gasteiger partial charge on any atom is -0.507 e. The van der Waals surface area contributed by atoms with Crippen LogP contribution in [0, 0.1) is 0 Å². The van der Waals surface area contributed by atoms with Gasteiger partial charge in [-0.05, 0) is 29.8 Å². The maximum Gasteiger partial charge on any atom is 0.235 e. The predicted octanol–water partition coefficient (Wildman–Crippen LogP) is 5.48. The fraction of sp³-hybridized carbons (Fsp3) is 0.0417. The van der Waals surface area contributed by atoms with Crippen molar-refractivity contribution in [3.05, 3.63) is 102 Å². The maximum absolute atomic E-state index is 10.7. The summed E-state index contributed by atoms with van der Waals surface area (Å²) in [5.74, 6) is 0.259. The fourth-order valence-electron chi connectivity index (χ4n) is 3.87. The number of aromatic hydroxyl groups is 1. The van der Waals surface area contributed by atoms with E-state index in [4.69, 9.17) is 11.6 Å². The van der Waals surface area contributed by atoms with E-state index < -0.39 is 0 Å². The Balaban J connectivity index is 1.91. The molecule has 0 amide bonds. The zero-order chi connectivity index (χ0) is 19.1. The van der Waals surface area contributed by atoms with Crippen molar-refractivity contribution in [3.8, 4) is 11.4 Å². The second kappa shape index (κ2) is 6.70. The zero-order valence-corrected chi connectivity index (χ0v) is 15.8. The Morgan fingerprint density at radius 2 is 1.61 bits per heavy atom. The predicted molar refractivity (Wildman–Crippen MR) is 113 cm³/mol. The van der Waals surface area contributed by atoms with Crippen LogP contribution in [-0.4, -0.2) is 9.67 Å². The van der Waals surface area contributed by atoms with Crippen LogP contribution in [0.3, 0.4) is 0 Å². The molecule has 0 spiro atoms. The second-order valence-corrected chi connectivity index (χ2v) is 7.28. The molecule has 0 saturated heterocycles. The number of hydrogen-bond donors (Lipinski definition) is 1. The molecular formula is C24H18ClN2O+. The Hall–Kier alpha value is -3.30. The minimum absolute atomic E-state index is 0.259. The monoisotopic (exact) mass is 385 g/mol. The van der Waals surface area contributed by atoms with Crippen molar-refractivity contribution < 1.29 is 9.67 Å². The van der Waals surface area contributed by atoms with Gasteiger partial charge in [-0.2, -0.15) is 4.57 Å². The van der Waals surface area contributed by atoms with E-state index >= 15 is 0 Å². The first-order valence-corrected chi connectivity index (χ1v) is 9.54. The number of hydrogen-bond acceptors (Lipinski definition) is 1. The highest BCUT2D eigenvalue weighted by Crippen LogP contribution is 2.38. The van der Waals surface area contributed by atoms with Crippen LogP contribution in [0.25, 0.3) is 27.5 Å². The van der Waals surface area contributed by atoms with Gasteiger partial charge in [-0.3, -0.25) is 0 Å². The highest BCUT2D eigenvalue weighted by atomic mass is 35.5. The van der Waals surface area contributed by atoms with Gasteiger partial charge in [0.05, 0.1) is 5.39 Å². The second-order valence-electron chi connectivity index (χ2n) is 6.84. The van der Waals surface area contributed by atoms with Gasteiger partial charge >= 0.3 is 0 Å². The molecule has 0 saturated carbocycles. The molecule has 0 aliphatic carbocycles. The average Bonchev–Trinajstić information content (AvgIpc) is 3.04. The lowest BCUT2D eigenvalue weighted by Crippen LogP contribution is -2.29. The van der Waals surface area contributed by atoms with Crippen LogP contribution in [0.15, 0.2) is 91.3 Å². The highest BCUT2D eigenvalue weighted by molar-refractivity contribution is 6.32. The van der Waals surface area contributed by atoms with E-state index in [2.05, 4.69) is 21.3 Å². The van der Waals surface area contributed by atoms with Gasteiger partial charge in [-0.1, -0.05) is 48.0 Å². The molecule has 0 bridgehead atoms. The molecule has 0 fully saturated rings. The molecule has 0 aliphatic rings. The van der Waals surface area contributed by atoms with E-state index in [9.17, 15) is 5.11 Å². The average molecular weight is 386 g/mol. The van der Waals surface area contributed by atoms with Crippen molar-refractivity contribution in [1.29, 1.82) is 0 Å². The summed E-state index contributed by atoms with van der Waals surface area (Å²) in [6.45, 7) is 0.701. The number of pyridine rings is 1. The largest absolute Gasteiger partial charge is 0.507 e. The lowest BCUT2D eigenvalue weighted by atomic mass is 10.1. The molecule has 2 aromatic heterocycles. The molecule has 4 heteroatoms. The zero-order valence-electron chi connectivity index (χ0n) is 15.1. The Morgan fingerprint density at radius 1 is 0.857 bits per heavy atom. The van der Waals surface area contributed by atoms with Gasteiger partial charge in [-0.15, -0.1) is 0 Å². The highest BCUT2D eigenvalue weighted by Gasteiger charge is 2.22. The fourth-order valence-corrected chi connectivity index (χ4v) is 4.04. The number of phenolic OH excluding ortho intramolecular Hbond substituents is 1. The topological polar surface area (TPSA) is 29.0 Å². The first-order valence-electron chi connectivity index (χ1n) is 9.16. The molecule has 28 heavy (non-hydrogen) atoms. The molecule has 5 rings (SSSR count). The summed E-state index contributed by atoms with van der Waals surface area (Å²) in [5.41, 5.74) is 4.24. The van der Waals surface area contributed by atoms with E-state index in [1.807, 2.05) is 73.1 Å². The van der Waals surface area contributed by atoms with Crippen LogP contribution in [0.5, 0.6) is 5.75 Å². The Morgan fingerprint density at radius 3 is 2.39 bits per heavy atom. The first kappa shape index (κ1) is 16.8. The van der Waals surface area contributed by atoms with Crippen molar-refractivity contribution in [2.24, 2.45) is 0 Å². The molecule has 0 unspecified atom stereocenters. The van der Waals surface area contributed by atoms with Crippen molar-refractivity contribution in [3.63, 3.8) is 0 Å². The normalized spacial score (nSPS) is 11.3. The third kappa shape index (κ3) is 2.72. The Bertz CT molecular complexity index is 1290. The number of halogens is 1. The lowest BCUT2D eigenvalue weighted by molar-refractivity contribution is -0.594. The van der Waals surface area contributed by atoms with Crippen LogP contribution >= 0.6 is 11.6 Å². The number of phenols is 1. The molecule has 0 atom stereocenters. The molecule has 3 aromatic carbocycles. The van der Waals surface area contributed by atoms with E-state index in [1.165, 1.54) is 5.56 Å². The summed E-state index contributed by atoms with van der Waals surface area (Å²) in [6, 6.07) is 25.9. The van der Waals surface area contributed by atoms with Crippen LogP contribution in [-0.2, 0) is 6.54 Å². The van der Waals surface area contributed by atoms with Gasteiger partial charge in [0.1, 0.15) is 11.3 Å². The van der Waals surface area contributed by atoms with Gasteiger partial charge < -0.3 is 9.67 Å². The van der Waals surface area contributed by atoms with Crippen molar-refractivity contribution in [2.45, 2.75) is 6.54 Å². The first-order chi connectivity index (χ1) is 13.7. The van der Waals surface area contributed by atoms with Gasteiger partial charge in [0.2, 0.25) is 5.69 Å². The van der Waals surface area contributed by atoms with Crippen LogP contribution < -0.4 is 4.57 Å². The molecule has 136 valence electrons. The number of nitrogens with zero attached hydrogens (tertiary/aromatic N) is 2. The SMILES string of the molecule is Oc1ccc(-[n+]2ccccc2)c2c1c1cc(Cl)ccc1n2Cc1ccccc1. The Labute approximate surface area is 167 Å². The number of fused-ring (bicyclic) bond motifs is 3. The summed E-state index contributed by atoms with van der Waals surface area (Å²) < 4.78 is 4.33. The number of rotatable bonds is 3. The molecule has 3 nitrogen and oxygen atoms in total. The lowest BCUT2D eigenvalue weighted by Gasteiger charge is -2.09. The molecule has 5 aromatic rings. The molecular weight excluding hydrogens is 368 g/mol. The van der Waals surface area contributed by atoms with Crippen molar-refractivity contribution in [2.75, 3.05) is 0 Å².